The van der Waals surface area contributed by atoms with Crippen LogP contribution in [0.2, 0.25) is 0 Å². The molecule has 1 aliphatic carbocycles. The molecule has 1 aromatic carbocycles. The Morgan fingerprint density at radius 3 is 2.38 bits per heavy atom. The number of hydrogen-bond acceptors (Lipinski definition) is 2. The van der Waals surface area contributed by atoms with Crippen molar-refractivity contribution in [1.82, 2.24) is 10.2 Å². The van der Waals surface area contributed by atoms with Gasteiger partial charge < -0.3 is 15.0 Å². The van der Waals surface area contributed by atoms with E-state index in [1.165, 1.54) is 24.0 Å². The normalized spacial score (nSPS) is 18.6. The van der Waals surface area contributed by atoms with Gasteiger partial charge in [0.05, 0.1) is 6.61 Å². The Morgan fingerprint density at radius 2 is 1.75 bits per heavy atom. The van der Waals surface area contributed by atoms with E-state index in [-0.39, 0.29) is 6.03 Å². The number of hydrogen-bond donors (Lipinski definition) is 1. The van der Waals surface area contributed by atoms with Gasteiger partial charge in [0.1, 0.15) is 0 Å². The lowest BCUT2D eigenvalue weighted by atomic mass is 9.90. The first-order valence-corrected chi connectivity index (χ1v) is 9.43. The molecule has 0 atom stereocenters. The van der Waals surface area contributed by atoms with Gasteiger partial charge in [0.2, 0.25) is 0 Å². The zero-order valence-electron chi connectivity index (χ0n) is 14.8. The molecule has 2 aliphatic rings. The molecule has 1 N–H and O–H groups in total. The Hall–Kier alpha value is -1.55. The van der Waals surface area contributed by atoms with Crippen LogP contribution in [0.15, 0.2) is 24.3 Å². The quantitative estimate of drug-likeness (QED) is 0.830. The zero-order valence-corrected chi connectivity index (χ0v) is 14.8. The minimum Gasteiger partial charge on any atom is -0.376 e. The summed E-state index contributed by atoms with van der Waals surface area (Å²) >= 11 is 0. The number of rotatable bonds is 7. The average Bonchev–Trinajstić information content (AvgIpc) is 3.42. The highest BCUT2D eigenvalue weighted by Gasteiger charge is 2.23. The van der Waals surface area contributed by atoms with Crippen LogP contribution in [0.5, 0.6) is 0 Å². The highest BCUT2D eigenvalue weighted by Crippen LogP contribution is 2.29. The summed E-state index contributed by atoms with van der Waals surface area (Å²) in [6.07, 6.45) is 6.01. The van der Waals surface area contributed by atoms with E-state index in [0.717, 1.165) is 51.5 Å². The molecule has 0 aromatic heterocycles. The van der Waals surface area contributed by atoms with Crippen molar-refractivity contribution >= 4 is 6.03 Å². The summed E-state index contributed by atoms with van der Waals surface area (Å²) in [4.78, 5) is 13.8. The third-order valence-corrected chi connectivity index (χ3v) is 5.10. The number of nitrogens with one attached hydrogen (secondary N) is 1. The summed E-state index contributed by atoms with van der Waals surface area (Å²) in [6.45, 7) is 6.08. The first kappa shape index (κ1) is 17.3. The second-order valence-corrected chi connectivity index (χ2v) is 7.25. The van der Waals surface area contributed by atoms with Crippen LogP contribution in [0.4, 0.5) is 4.79 Å². The van der Waals surface area contributed by atoms with E-state index in [1.54, 1.807) is 0 Å². The number of carbonyl (C=O) groups excluding carboxylic acids is 1. The van der Waals surface area contributed by atoms with E-state index in [1.807, 2.05) is 11.8 Å². The van der Waals surface area contributed by atoms with Gasteiger partial charge in [0, 0.05) is 26.2 Å². The van der Waals surface area contributed by atoms with Crippen LogP contribution >= 0.6 is 0 Å². The molecule has 4 nitrogen and oxygen atoms in total. The maximum Gasteiger partial charge on any atom is 0.317 e. The predicted octanol–water partition coefficient (Wildman–Crippen LogP) is 3.60. The first-order valence-electron chi connectivity index (χ1n) is 9.43. The van der Waals surface area contributed by atoms with Crippen molar-refractivity contribution in [3.05, 3.63) is 35.4 Å². The molecule has 0 bridgehead atoms. The maximum absolute atomic E-state index is 11.8. The van der Waals surface area contributed by atoms with Gasteiger partial charge >= 0.3 is 6.03 Å². The number of benzene rings is 1. The van der Waals surface area contributed by atoms with Crippen molar-refractivity contribution in [3.8, 4) is 0 Å². The molecule has 24 heavy (non-hydrogen) atoms. The Labute approximate surface area is 145 Å². The molecule has 1 heterocycles. The minimum absolute atomic E-state index is 0.0894. The van der Waals surface area contributed by atoms with Gasteiger partial charge in [-0.25, -0.2) is 4.79 Å². The first-order chi connectivity index (χ1) is 11.7. The summed E-state index contributed by atoms with van der Waals surface area (Å²) in [5.74, 6) is 1.52. The lowest BCUT2D eigenvalue weighted by Gasteiger charge is -2.32. The number of piperidine rings is 1. The Kier molecular flexibility index (Phi) is 6.13. The van der Waals surface area contributed by atoms with E-state index < -0.39 is 0 Å². The van der Waals surface area contributed by atoms with Gasteiger partial charge in [0.15, 0.2) is 0 Å². The smallest absolute Gasteiger partial charge is 0.317 e. The van der Waals surface area contributed by atoms with Crippen molar-refractivity contribution in [3.63, 3.8) is 0 Å². The van der Waals surface area contributed by atoms with Crippen LogP contribution in [-0.2, 0) is 17.8 Å². The van der Waals surface area contributed by atoms with E-state index in [0.29, 0.717) is 12.5 Å². The molecular weight excluding hydrogens is 300 g/mol. The second-order valence-electron chi connectivity index (χ2n) is 7.25. The molecule has 132 valence electrons. The molecular formula is C20H30N2O2. The number of carbonyl (C=O) groups is 1. The SMILES string of the molecule is CCNC(=O)N1CCC(Cc2ccc(COCC3CC3)cc2)CC1. The summed E-state index contributed by atoms with van der Waals surface area (Å²) in [7, 11) is 0. The second kappa shape index (κ2) is 8.52. The number of ether oxygens (including phenoxy) is 1. The third kappa shape index (κ3) is 5.23. The zero-order chi connectivity index (χ0) is 16.8. The van der Waals surface area contributed by atoms with Crippen LogP contribution in [-0.4, -0.2) is 37.2 Å². The average molecular weight is 330 g/mol. The summed E-state index contributed by atoms with van der Waals surface area (Å²) in [5.41, 5.74) is 2.67. The Balaban J connectivity index is 1.39. The fourth-order valence-corrected chi connectivity index (χ4v) is 3.34. The predicted molar refractivity (Wildman–Crippen MR) is 95.9 cm³/mol. The molecule has 4 heteroatoms. The molecule has 1 saturated carbocycles. The fraction of sp³-hybridized carbons (Fsp3) is 0.650. The van der Waals surface area contributed by atoms with E-state index in [2.05, 4.69) is 29.6 Å². The van der Waals surface area contributed by atoms with Crippen LogP contribution in [0, 0.1) is 11.8 Å². The monoisotopic (exact) mass is 330 g/mol. The van der Waals surface area contributed by atoms with Gasteiger partial charge in [-0.05, 0) is 62.0 Å². The molecule has 1 aliphatic heterocycles. The highest BCUT2D eigenvalue weighted by molar-refractivity contribution is 5.74. The van der Waals surface area contributed by atoms with Crippen LogP contribution < -0.4 is 5.32 Å². The van der Waals surface area contributed by atoms with Gasteiger partial charge in [-0.1, -0.05) is 24.3 Å². The Morgan fingerprint density at radius 1 is 1.08 bits per heavy atom. The third-order valence-electron chi connectivity index (χ3n) is 5.10. The van der Waals surface area contributed by atoms with Crippen molar-refractivity contribution in [1.29, 1.82) is 0 Å². The van der Waals surface area contributed by atoms with Gasteiger partial charge in [-0.2, -0.15) is 0 Å². The van der Waals surface area contributed by atoms with Crippen LogP contribution in [0.25, 0.3) is 0 Å². The number of urea groups is 1. The van der Waals surface area contributed by atoms with Gasteiger partial charge in [-0.15, -0.1) is 0 Å². The van der Waals surface area contributed by atoms with Crippen LogP contribution in [0.1, 0.15) is 43.7 Å². The standard InChI is InChI=1S/C20H30N2O2/c1-2-21-20(23)22-11-9-17(10-12-22)13-16-3-5-18(6-4-16)14-24-15-19-7-8-19/h3-6,17,19H,2,7-15H2,1H3,(H,21,23). The Bertz CT molecular complexity index is 517. The van der Waals surface area contributed by atoms with Crippen molar-refractivity contribution in [2.45, 2.75) is 45.6 Å². The summed E-state index contributed by atoms with van der Waals surface area (Å²) in [6, 6.07) is 8.97. The highest BCUT2D eigenvalue weighted by atomic mass is 16.5. The van der Waals surface area contributed by atoms with Crippen molar-refractivity contribution in [2.24, 2.45) is 11.8 Å². The summed E-state index contributed by atoms with van der Waals surface area (Å²) < 4.78 is 5.74. The molecule has 1 saturated heterocycles. The van der Waals surface area contributed by atoms with E-state index in [4.69, 9.17) is 4.74 Å². The lowest BCUT2D eigenvalue weighted by Crippen LogP contribution is -2.44. The van der Waals surface area contributed by atoms with Crippen molar-refractivity contribution in [2.75, 3.05) is 26.2 Å². The molecule has 0 spiro atoms. The van der Waals surface area contributed by atoms with E-state index in [9.17, 15) is 4.79 Å². The van der Waals surface area contributed by atoms with Crippen LogP contribution in [0.3, 0.4) is 0 Å². The molecule has 3 rings (SSSR count). The fourth-order valence-electron chi connectivity index (χ4n) is 3.34. The van der Waals surface area contributed by atoms with Gasteiger partial charge in [-0.3, -0.25) is 0 Å². The maximum atomic E-state index is 11.8. The molecule has 2 fully saturated rings. The topological polar surface area (TPSA) is 41.6 Å². The lowest BCUT2D eigenvalue weighted by molar-refractivity contribution is 0.111. The molecule has 2 amide bonds. The largest absolute Gasteiger partial charge is 0.376 e. The summed E-state index contributed by atoms with van der Waals surface area (Å²) in [5, 5.41) is 2.89. The number of likely N-dealkylation sites (tertiary alicyclic amines) is 1. The van der Waals surface area contributed by atoms with Crippen molar-refractivity contribution < 1.29 is 9.53 Å². The minimum atomic E-state index is 0.0894. The molecule has 0 unspecified atom stereocenters. The number of nitrogens with zero attached hydrogens (tertiary/aromatic N) is 1. The molecule has 0 radical (unpaired) electrons. The van der Waals surface area contributed by atoms with Gasteiger partial charge in [0.25, 0.3) is 0 Å². The number of amides is 2. The van der Waals surface area contributed by atoms with E-state index >= 15 is 0 Å². The molecule has 1 aromatic rings.